The lowest BCUT2D eigenvalue weighted by atomic mass is 9.85. The third kappa shape index (κ3) is 3.62. The molecule has 4 heteroatoms. The van der Waals surface area contributed by atoms with E-state index in [1.807, 2.05) is 17.9 Å². The first-order valence-corrected chi connectivity index (χ1v) is 7.34. The maximum atomic E-state index is 6.25. The summed E-state index contributed by atoms with van der Waals surface area (Å²) in [6, 6.07) is 0.287. The summed E-state index contributed by atoms with van der Waals surface area (Å²) in [5.41, 5.74) is 8.94. The van der Waals surface area contributed by atoms with E-state index in [1.165, 1.54) is 0 Å². The lowest BCUT2D eigenvalue weighted by Gasteiger charge is -2.26. The highest BCUT2D eigenvalue weighted by Crippen LogP contribution is 2.29. The lowest BCUT2D eigenvalue weighted by molar-refractivity contribution is 0.316. The molecule has 0 amide bonds. The van der Waals surface area contributed by atoms with Crippen LogP contribution in [-0.2, 0) is 12.5 Å². The average Bonchev–Trinajstić information content (AvgIpc) is 2.54. The molecule has 0 aliphatic carbocycles. The second-order valence-electron chi connectivity index (χ2n) is 7.59. The molecule has 4 nitrogen and oxygen atoms in total. The number of aryl methyl sites for hydroxylation is 1. The molecule has 0 aliphatic heterocycles. The Kier molecular flexibility index (Phi) is 4.67. The molecule has 1 unspecified atom stereocenters. The summed E-state index contributed by atoms with van der Waals surface area (Å²) >= 11 is 0. The SMILES string of the molecule is CCC(/N=C\c1c(N)c(C(C)(C)C)nn1C)C(C)(C)C. The van der Waals surface area contributed by atoms with Crippen LogP contribution in [0.4, 0.5) is 5.69 Å². The van der Waals surface area contributed by atoms with Crippen LogP contribution in [0.25, 0.3) is 0 Å². The monoisotopic (exact) mass is 278 g/mol. The molecule has 0 bridgehead atoms. The normalized spacial score (nSPS) is 15.0. The molecule has 1 aromatic heterocycles. The van der Waals surface area contributed by atoms with Gasteiger partial charge in [0.15, 0.2) is 0 Å². The molecule has 0 spiro atoms. The number of hydrogen-bond acceptors (Lipinski definition) is 3. The number of nitrogens with two attached hydrogens (primary N) is 1. The molecule has 2 N–H and O–H groups in total. The Bertz CT molecular complexity index is 484. The second-order valence-corrected chi connectivity index (χ2v) is 7.59. The van der Waals surface area contributed by atoms with Crippen molar-refractivity contribution in [3.8, 4) is 0 Å². The van der Waals surface area contributed by atoms with Gasteiger partial charge in [0.1, 0.15) is 5.69 Å². The van der Waals surface area contributed by atoms with Crippen LogP contribution in [-0.4, -0.2) is 22.0 Å². The fraction of sp³-hybridized carbons (Fsp3) is 0.750. The van der Waals surface area contributed by atoms with Crippen LogP contribution >= 0.6 is 0 Å². The van der Waals surface area contributed by atoms with Crippen molar-refractivity contribution in [3.05, 3.63) is 11.4 Å². The lowest BCUT2D eigenvalue weighted by Crippen LogP contribution is -2.23. The molecule has 0 aliphatic rings. The van der Waals surface area contributed by atoms with E-state index in [0.717, 1.165) is 23.5 Å². The summed E-state index contributed by atoms with van der Waals surface area (Å²) in [6.45, 7) is 15.2. The minimum atomic E-state index is -0.0535. The largest absolute Gasteiger partial charge is 0.395 e. The minimum absolute atomic E-state index is 0.0535. The van der Waals surface area contributed by atoms with Crippen LogP contribution in [0.2, 0.25) is 0 Å². The molecule has 1 rings (SSSR count). The molecule has 1 atom stereocenters. The van der Waals surface area contributed by atoms with Gasteiger partial charge >= 0.3 is 0 Å². The summed E-state index contributed by atoms with van der Waals surface area (Å²) in [6.07, 6.45) is 2.90. The number of aromatic nitrogens is 2. The van der Waals surface area contributed by atoms with E-state index < -0.39 is 0 Å². The molecule has 114 valence electrons. The van der Waals surface area contributed by atoms with E-state index in [4.69, 9.17) is 10.7 Å². The first kappa shape index (κ1) is 16.7. The standard InChI is InChI=1S/C16H30N4/c1-9-12(15(2,3)4)18-10-11-13(17)14(16(5,6)7)19-20(11)8/h10,12H,9,17H2,1-8H3/b18-10-. The molecule has 0 radical (unpaired) electrons. The van der Waals surface area contributed by atoms with Crippen molar-refractivity contribution in [1.82, 2.24) is 9.78 Å². The Morgan fingerprint density at radius 1 is 1.25 bits per heavy atom. The maximum absolute atomic E-state index is 6.25. The molecule has 1 heterocycles. The van der Waals surface area contributed by atoms with Gasteiger partial charge in [-0.3, -0.25) is 9.67 Å². The highest BCUT2D eigenvalue weighted by Gasteiger charge is 2.25. The molecule has 0 saturated heterocycles. The van der Waals surface area contributed by atoms with Gasteiger partial charge in [0, 0.05) is 18.7 Å². The quantitative estimate of drug-likeness (QED) is 0.860. The Balaban J connectivity index is 3.14. The van der Waals surface area contributed by atoms with Gasteiger partial charge < -0.3 is 5.73 Å². The first-order valence-electron chi connectivity index (χ1n) is 7.34. The fourth-order valence-electron chi connectivity index (χ4n) is 2.36. The van der Waals surface area contributed by atoms with Crippen molar-refractivity contribution in [2.24, 2.45) is 17.5 Å². The van der Waals surface area contributed by atoms with E-state index in [0.29, 0.717) is 0 Å². The maximum Gasteiger partial charge on any atom is 0.102 e. The minimum Gasteiger partial charge on any atom is -0.395 e. The van der Waals surface area contributed by atoms with Gasteiger partial charge in [0.2, 0.25) is 0 Å². The summed E-state index contributed by atoms with van der Waals surface area (Å²) in [5.74, 6) is 0. The van der Waals surface area contributed by atoms with Gasteiger partial charge in [-0.05, 0) is 11.8 Å². The first-order chi connectivity index (χ1) is 8.98. The molecular weight excluding hydrogens is 248 g/mol. The van der Waals surface area contributed by atoms with Gasteiger partial charge in [-0.15, -0.1) is 0 Å². The predicted molar refractivity (Wildman–Crippen MR) is 87.4 cm³/mol. The fourth-order valence-corrected chi connectivity index (χ4v) is 2.36. The molecule has 20 heavy (non-hydrogen) atoms. The Labute approximate surface area is 123 Å². The average molecular weight is 278 g/mol. The number of rotatable bonds is 3. The van der Waals surface area contributed by atoms with Crippen molar-refractivity contribution in [3.63, 3.8) is 0 Å². The van der Waals surface area contributed by atoms with Crippen LogP contribution in [0.3, 0.4) is 0 Å². The van der Waals surface area contributed by atoms with Crippen LogP contribution in [0, 0.1) is 5.41 Å². The summed E-state index contributed by atoms with van der Waals surface area (Å²) in [5, 5.41) is 4.55. The third-order valence-corrected chi connectivity index (χ3v) is 3.60. The van der Waals surface area contributed by atoms with Crippen LogP contribution < -0.4 is 5.73 Å². The topological polar surface area (TPSA) is 56.2 Å². The molecule has 0 saturated carbocycles. The van der Waals surface area contributed by atoms with Crippen molar-refractivity contribution in [2.75, 3.05) is 5.73 Å². The number of aliphatic imine (C=N–C) groups is 1. The molecule has 0 aromatic carbocycles. The smallest absolute Gasteiger partial charge is 0.102 e. The van der Waals surface area contributed by atoms with Crippen molar-refractivity contribution >= 4 is 11.9 Å². The van der Waals surface area contributed by atoms with E-state index in [9.17, 15) is 0 Å². The Morgan fingerprint density at radius 2 is 1.80 bits per heavy atom. The Morgan fingerprint density at radius 3 is 2.15 bits per heavy atom. The van der Waals surface area contributed by atoms with E-state index in [-0.39, 0.29) is 16.9 Å². The molecule has 0 fully saturated rings. The zero-order chi connectivity index (χ0) is 15.7. The van der Waals surface area contributed by atoms with Gasteiger partial charge in [0.25, 0.3) is 0 Å². The highest BCUT2D eigenvalue weighted by molar-refractivity contribution is 5.86. The van der Waals surface area contributed by atoms with Gasteiger partial charge in [0.05, 0.1) is 17.4 Å². The highest BCUT2D eigenvalue weighted by atomic mass is 15.3. The van der Waals surface area contributed by atoms with E-state index in [1.54, 1.807) is 0 Å². The molecular formula is C16H30N4. The van der Waals surface area contributed by atoms with Gasteiger partial charge in [-0.1, -0.05) is 48.5 Å². The van der Waals surface area contributed by atoms with Crippen molar-refractivity contribution < 1.29 is 0 Å². The number of anilines is 1. The summed E-state index contributed by atoms with van der Waals surface area (Å²) in [4.78, 5) is 4.73. The Hall–Kier alpha value is -1.32. The zero-order valence-corrected chi connectivity index (χ0v) is 14.3. The number of hydrogen-bond donors (Lipinski definition) is 1. The number of nitrogen functional groups attached to an aromatic ring is 1. The summed E-state index contributed by atoms with van der Waals surface area (Å²) in [7, 11) is 1.92. The van der Waals surface area contributed by atoms with E-state index in [2.05, 4.69) is 53.6 Å². The third-order valence-electron chi connectivity index (χ3n) is 3.60. The van der Waals surface area contributed by atoms with Crippen LogP contribution in [0.1, 0.15) is 66.3 Å². The predicted octanol–water partition coefficient (Wildman–Crippen LogP) is 3.54. The van der Waals surface area contributed by atoms with Gasteiger partial charge in [-0.25, -0.2) is 0 Å². The second kappa shape index (κ2) is 5.58. The van der Waals surface area contributed by atoms with Crippen molar-refractivity contribution in [2.45, 2.75) is 66.3 Å². The van der Waals surface area contributed by atoms with Crippen LogP contribution in [0.5, 0.6) is 0 Å². The number of nitrogens with zero attached hydrogens (tertiary/aromatic N) is 3. The summed E-state index contributed by atoms with van der Waals surface area (Å²) < 4.78 is 1.83. The zero-order valence-electron chi connectivity index (χ0n) is 14.3. The van der Waals surface area contributed by atoms with E-state index >= 15 is 0 Å². The molecule has 1 aromatic rings. The van der Waals surface area contributed by atoms with Crippen molar-refractivity contribution in [1.29, 1.82) is 0 Å². The van der Waals surface area contributed by atoms with Crippen LogP contribution in [0.15, 0.2) is 4.99 Å². The van der Waals surface area contributed by atoms with Gasteiger partial charge in [-0.2, -0.15) is 5.10 Å².